The fourth-order valence-corrected chi connectivity index (χ4v) is 3.72. The average molecular weight is 338 g/mol. The summed E-state index contributed by atoms with van der Waals surface area (Å²) in [4.78, 5) is 26.9. The van der Waals surface area contributed by atoms with Gasteiger partial charge in [-0.15, -0.1) is 0 Å². The number of amides is 2. The molecule has 138 valence electrons. The molecule has 2 amide bonds. The Labute approximate surface area is 146 Å². The molecular formula is C18H34N4O2. The lowest BCUT2D eigenvalue weighted by atomic mass is 9.96. The predicted octanol–water partition coefficient (Wildman–Crippen LogP) is 0.727. The molecule has 2 atom stereocenters. The summed E-state index contributed by atoms with van der Waals surface area (Å²) < 4.78 is 0. The van der Waals surface area contributed by atoms with Crippen LogP contribution in [0.25, 0.3) is 0 Å². The van der Waals surface area contributed by atoms with Gasteiger partial charge in [0.05, 0.1) is 5.92 Å². The van der Waals surface area contributed by atoms with E-state index in [0.29, 0.717) is 0 Å². The predicted molar refractivity (Wildman–Crippen MR) is 95.6 cm³/mol. The number of rotatable bonds is 6. The van der Waals surface area contributed by atoms with Crippen LogP contribution in [0.15, 0.2) is 0 Å². The van der Waals surface area contributed by atoms with Crippen LogP contribution in [0.3, 0.4) is 0 Å². The van der Waals surface area contributed by atoms with Crippen molar-refractivity contribution in [2.24, 2.45) is 11.8 Å². The van der Waals surface area contributed by atoms with Crippen LogP contribution >= 0.6 is 0 Å². The summed E-state index contributed by atoms with van der Waals surface area (Å²) in [6, 6.07) is 0.315. The number of hydrogen-bond acceptors (Lipinski definition) is 4. The lowest BCUT2D eigenvalue weighted by molar-refractivity contribution is -0.128. The van der Waals surface area contributed by atoms with E-state index in [-0.39, 0.29) is 35.7 Å². The zero-order valence-electron chi connectivity index (χ0n) is 15.4. The van der Waals surface area contributed by atoms with Gasteiger partial charge in [-0.25, -0.2) is 0 Å². The maximum atomic E-state index is 12.3. The van der Waals surface area contributed by atoms with Gasteiger partial charge in [0, 0.05) is 31.1 Å². The molecule has 2 rings (SSSR count). The number of hydrogen-bond donors (Lipinski definition) is 3. The van der Waals surface area contributed by atoms with Crippen molar-refractivity contribution in [2.75, 3.05) is 32.7 Å². The molecule has 2 aliphatic heterocycles. The van der Waals surface area contributed by atoms with Gasteiger partial charge in [0.15, 0.2) is 0 Å². The summed E-state index contributed by atoms with van der Waals surface area (Å²) in [5, 5.41) is 9.48. The number of carbonyl (C=O) groups is 2. The zero-order valence-corrected chi connectivity index (χ0v) is 15.4. The number of nitrogens with zero attached hydrogens (tertiary/aromatic N) is 1. The third kappa shape index (κ3) is 6.06. The van der Waals surface area contributed by atoms with Crippen LogP contribution < -0.4 is 16.0 Å². The Hall–Kier alpha value is -1.14. The zero-order chi connectivity index (χ0) is 17.5. The Balaban J connectivity index is 1.75. The van der Waals surface area contributed by atoms with E-state index >= 15 is 0 Å². The second-order valence-electron chi connectivity index (χ2n) is 7.70. The van der Waals surface area contributed by atoms with E-state index in [1.807, 2.05) is 13.8 Å². The van der Waals surface area contributed by atoms with Crippen molar-refractivity contribution in [3.8, 4) is 0 Å². The van der Waals surface area contributed by atoms with Crippen LogP contribution in [0.4, 0.5) is 0 Å². The fraction of sp³-hybridized carbons (Fsp3) is 0.889. The molecule has 24 heavy (non-hydrogen) atoms. The van der Waals surface area contributed by atoms with Gasteiger partial charge in [0.25, 0.3) is 0 Å². The van der Waals surface area contributed by atoms with Gasteiger partial charge in [0.1, 0.15) is 0 Å². The second-order valence-corrected chi connectivity index (χ2v) is 7.70. The van der Waals surface area contributed by atoms with Crippen molar-refractivity contribution in [1.29, 1.82) is 0 Å². The highest BCUT2D eigenvalue weighted by Crippen LogP contribution is 2.17. The molecule has 2 saturated heterocycles. The van der Waals surface area contributed by atoms with Crippen LogP contribution in [0.2, 0.25) is 0 Å². The Morgan fingerprint density at radius 2 is 1.71 bits per heavy atom. The third-order valence-corrected chi connectivity index (χ3v) is 4.94. The number of likely N-dealkylation sites (tertiary alicyclic amines) is 1. The smallest absolute Gasteiger partial charge is 0.224 e. The van der Waals surface area contributed by atoms with Crippen molar-refractivity contribution >= 4 is 11.8 Å². The third-order valence-electron chi connectivity index (χ3n) is 4.94. The molecule has 2 unspecified atom stereocenters. The molecule has 0 spiro atoms. The fourth-order valence-electron chi connectivity index (χ4n) is 3.72. The molecule has 2 fully saturated rings. The summed E-state index contributed by atoms with van der Waals surface area (Å²) in [5.41, 5.74) is 0. The van der Waals surface area contributed by atoms with Crippen molar-refractivity contribution in [1.82, 2.24) is 20.9 Å². The Bertz CT molecular complexity index is 421. The molecule has 6 heteroatoms. The Morgan fingerprint density at radius 3 is 2.38 bits per heavy atom. The molecule has 3 N–H and O–H groups in total. The molecule has 0 saturated carbocycles. The molecule has 6 nitrogen and oxygen atoms in total. The van der Waals surface area contributed by atoms with E-state index in [1.165, 1.54) is 0 Å². The molecule has 0 aliphatic carbocycles. The number of carbonyl (C=O) groups excluding carboxylic acids is 2. The first-order valence-electron chi connectivity index (χ1n) is 9.49. The van der Waals surface area contributed by atoms with Gasteiger partial charge in [-0.3, -0.25) is 9.59 Å². The van der Waals surface area contributed by atoms with Crippen LogP contribution in [0, 0.1) is 11.8 Å². The SMILES string of the molecule is CC(C)NC(=O)C1CCCN(CC(C)NC(=O)C2CCNCC2)C1. The quantitative estimate of drug-likeness (QED) is 0.667. The highest BCUT2D eigenvalue weighted by Gasteiger charge is 2.28. The lowest BCUT2D eigenvalue weighted by Gasteiger charge is -2.34. The second kappa shape index (κ2) is 9.37. The summed E-state index contributed by atoms with van der Waals surface area (Å²) in [5.74, 6) is 0.587. The van der Waals surface area contributed by atoms with E-state index in [0.717, 1.165) is 58.4 Å². The van der Waals surface area contributed by atoms with Gasteiger partial charge in [0.2, 0.25) is 11.8 Å². The summed E-state index contributed by atoms with van der Waals surface area (Å²) in [6.45, 7) is 10.6. The minimum absolute atomic E-state index is 0.0773. The highest BCUT2D eigenvalue weighted by molar-refractivity contribution is 5.79. The van der Waals surface area contributed by atoms with Crippen LogP contribution in [0.1, 0.15) is 46.5 Å². The molecule has 0 aromatic rings. The molecule has 2 aliphatic rings. The first kappa shape index (κ1) is 19.2. The minimum atomic E-state index is 0.0773. The Kier molecular flexibility index (Phi) is 7.49. The largest absolute Gasteiger partial charge is 0.354 e. The normalized spacial score (nSPS) is 24.6. The van der Waals surface area contributed by atoms with Crippen molar-refractivity contribution in [3.63, 3.8) is 0 Å². The van der Waals surface area contributed by atoms with E-state index in [2.05, 4.69) is 27.8 Å². The van der Waals surface area contributed by atoms with Gasteiger partial charge in [-0.05, 0) is 66.1 Å². The molecule has 0 bridgehead atoms. The van der Waals surface area contributed by atoms with Gasteiger partial charge < -0.3 is 20.9 Å². The van der Waals surface area contributed by atoms with E-state index in [4.69, 9.17) is 0 Å². The molecule has 0 radical (unpaired) electrons. The summed E-state index contributed by atoms with van der Waals surface area (Å²) in [6.07, 6.45) is 3.87. The van der Waals surface area contributed by atoms with Gasteiger partial charge in [-0.1, -0.05) is 0 Å². The summed E-state index contributed by atoms with van der Waals surface area (Å²) in [7, 11) is 0. The molecule has 2 heterocycles. The number of piperidine rings is 2. The first-order valence-corrected chi connectivity index (χ1v) is 9.49. The molecular weight excluding hydrogens is 304 g/mol. The van der Waals surface area contributed by atoms with Gasteiger partial charge in [-0.2, -0.15) is 0 Å². The topological polar surface area (TPSA) is 73.5 Å². The van der Waals surface area contributed by atoms with E-state index in [9.17, 15) is 9.59 Å². The van der Waals surface area contributed by atoms with E-state index < -0.39 is 0 Å². The average Bonchev–Trinajstić information content (AvgIpc) is 2.55. The monoisotopic (exact) mass is 338 g/mol. The minimum Gasteiger partial charge on any atom is -0.354 e. The van der Waals surface area contributed by atoms with Crippen molar-refractivity contribution in [3.05, 3.63) is 0 Å². The number of nitrogens with one attached hydrogen (secondary N) is 3. The first-order chi connectivity index (χ1) is 11.5. The van der Waals surface area contributed by atoms with Crippen LogP contribution in [-0.2, 0) is 9.59 Å². The maximum Gasteiger partial charge on any atom is 0.224 e. The van der Waals surface area contributed by atoms with Crippen molar-refractivity contribution < 1.29 is 9.59 Å². The highest BCUT2D eigenvalue weighted by atomic mass is 16.2. The van der Waals surface area contributed by atoms with Crippen LogP contribution in [0.5, 0.6) is 0 Å². The van der Waals surface area contributed by atoms with Crippen LogP contribution in [-0.4, -0.2) is 61.5 Å². The lowest BCUT2D eigenvalue weighted by Crippen LogP contribution is -2.50. The molecule has 0 aromatic carbocycles. The van der Waals surface area contributed by atoms with Gasteiger partial charge >= 0.3 is 0 Å². The van der Waals surface area contributed by atoms with E-state index in [1.54, 1.807) is 0 Å². The van der Waals surface area contributed by atoms with Crippen molar-refractivity contribution in [2.45, 2.75) is 58.5 Å². The standard InChI is InChI=1S/C18H34N4O2/c1-13(2)20-18(24)16-5-4-10-22(12-16)11-14(3)21-17(23)15-6-8-19-9-7-15/h13-16,19H,4-12H2,1-3H3,(H,20,24)(H,21,23). The Morgan fingerprint density at radius 1 is 1.04 bits per heavy atom. The maximum absolute atomic E-state index is 12.3. The molecule has 0 aromatic heterocycles. The summed E-state index contributed by atoms with van der Waals surface area (Å²) >= 11 is 0.